The van der Waals surface area contributed by atoms with Gasteiger partial charge in [-0.15, -0.1) is 12.3 Å². The first kappa shape index (κ1) is 21.7. The number of amides is 1. The van der Waals surface area contributed by atoms with Crippen LogP contribution in [0.25, 0.3) is 0 Å². The van der Waals surface area contributed by atoms with Gasteiger partial charge in [-0.2, -0.15) is 5.26 Å². The lowest BCUT2D eigenvalue weighted by molar-refractivity contribution is -0.143. The minimum absolute atomic E-state index is 0.0132. The average Bonchev–Trinajstić information content (AvgIpc) is 2.65. The Balaban J connectivity index is 2.48. The molecule has 1 rings (SSSR count). The molecule has 142 valence electrons. The van der Waals surface area contributed by atoms with Crippen LogP contribution >= 0.6 is 0 Å². The van der Waals surface area contributed by atoms with Crippen LogP contribution in [-0.2, 0) is 19.1 Å². The van der Waals surface area contributed by atoms with Crippen molar-refractivity contribution >= 4 is 23.3 Å². The molecule has 0 heterocycles. The normalized spacial score (nSPS) is 10.8. The zero-order valence-electron chi connectivity index (χ0n) is 15.2. The molecule has 0 aliphatic heterocycles. The van der Waals surface area contributed by atoms with Crippen LogP contribution in [0.1, 0.15) is 32.6 Å². The number of anilines is 1. The zero-order valence-corrected chi connectivity index (χ0v) is 15.2. The maximum absolute atomic E-state index is 12.1. The second-order valence-corrected chi connectivity index (χ2v) is 5.50. The van der Waals surface area contributed by atoms with Crippen LogP contribution in [0.4, 0.5) is 5.69 Å². The molecule has 27 heavy (non-hydrogen) atoms. The number of hydrogen-bond acceptors (Lipinski definition) is 6. The fourth-order valence-corrected chi connectivity index (χ4v) is 2.11. The number of rotatable bonds is 11. The number of terminal acetylenes is 1. The van der Waals surface area contributed by atoms with Gasteiger partial charge < -0.3 is 14.8 Å². The molecule has 1 unspecified atom stereocenters. The Labute approximate surface area is 158 Å². The highest BCUT2D eigenvalue weighted by Gasteiger charge is 2.25. The van der Waals surface area contributed by atoms with Crippen molar-refractivity contribution in [3.8, 4) is 24.2 Å². The lowest BCUT2D eigenvalue weighted by atomic mass is 10.0. The second-order valence-electron chi connectivity index (χ2n) is 5.50. The molecule has 1 aromatic carbocycles. The summed E-state index contributed by atoms with van der Waals surface area (Å²) >= 11 is 0. The SMILES string of the molecule is C#CCCC(=O)C(C#N)C(=O)Nc1ccc(OCCCC(=O)OCC)cc1. The number of nitriles is 1. The van der Waals surface area contributed by atoms with Gasteiger partial charge >= 0.3 is 5.97 Å². The minimum Gasteiger partial charge on any atom is -0.494 e. The third-order valence-corrected chi connectivity index (χ3v) is 3.45. The van der Waals surface area contributed by atoms with Crippen molar-refractivity contribution in [1.82, 2.24) is 0 Å². The van der Waals surface area contributed by atoms with Crippen molar-refractivity contribution < 1.29 is 23.9 Å². The van der Waals surface area contributed by atoms with Gasteiger partial charge in [0.05, 0.1) is 19.3 Å². The standard InChI is InChI=1S/C20H22N2O5/c1-3-5-7-18(23)17(14-21)20(25)22-15-9-11-16(12-10-15)27-13-6-8-19(24)26-4-2/h1,9-12,17H,4-8,13H2,2H3,(H,22,25). The van der Waals surface area contributed by atoms with E-state index < -0.39 is 17.6 Å². The number of ketones is 1. The summed E-state index contributed by atoms with van der Waals surface area (Å²) in [5.74, 6) is 0.0228. The van der Waals surface area contributed by atoms with Gasteiger partial charge in [0.2, 0.25) is 5.91 Å². The molecule has 1 aromatic rings. The third kappa shape index (κ3) is 8.06. The molecule has 0 aliphatic rings. The van der Waals surface area contributed by atoms with E-state index in [2.05, 4.69) is 11.2 Å². The van der Waals surface area contributed by atoms with Crippen LogP contribution in [0.15, 0.2) is 24.3 Å². The van der Waals surface area contributed by atoms with Crippen LogP contribution in [0, 0.1) is 29.6 Å². The first-order valence-corrected chi connectivity index (χ1v) is 8.57. The molecule has 7 nitrogen and oxygen atoms in total. The molecule has 1 N–H and O–H groups in total. The van der Waals surface area contributed by atoms with E-state index in [1.807, 2.05) is 0 Å². The number of Topliss-reactive ketones (excluding diaryl/α,β-unsaturated/α-hetero) is 1. The minimum atomic E-state index is -1.39. The molecule has 7 heteroatoms. The second kappa shape index (κ2) is 12.1. The highest BCUT2D eigenvalue weighted by molar-refractivity contribution is 6.09. The number of nitrogens with zero attached hydrogens (tertiary/aromatic N) is 1. The van der Waals surface area contributed by atoms with Gasteiger partial charge in [0.1, 0.15) is 5.75 Å². The van der Waals surface area contributed by atoms with E-state index in [9.17, 15) is 14.4 Å². The summed E-state index contributed by atoms with van der Waals surface area (Å²) in [6.07, 6.45) is 6.07. The van der Waals surface area contributed by atoms with E-state index >= 15 is 0 Å². The molecule has 0 spiro atoms. The summed E-state index contributed by atoms with van der Waals surface area (Å²) in [7, 11) is 0. The predicted molar refractivity (Wildman–Crippen MR) is 98.6 cm³/mol. The Morgan fingerprint density at radius 3 is 2.52 bits per heavy atom. The van der Waals surface area contributed by atoms with Crippen LogP contribution in [0.5, 0.6) is 5.75 Å². The van der Waals surface area contributed by atoms with Gasteiger partial charge in [0, 0.05) is 24.9 Å². The molecule has 1 atom stereocenters. The Kier molecular flexibility index (Phi) is 9.74. The van der Waals surface area contributed by atoms with Gasteiger partial charge in [0.25, 0.3) is 0 Å². The predicted octanol–water partition coefficient (Wildman–Crippen LogP) is 2.47. The maximum Gasteiger partial charge on any atom is 0.305 e. The average molecular weight is 370 g/mol. The fourth-order valence-electron chi connectivity index (χ4n) is 2.11. The summed E-state index contributed by atoms with van der Waals surface area (Å²) in [5, 5.41) is 11.6. The lowest BCUT2D eigenvalue weighted by Gasteiger charge is -2.10. The Hall–Kier alpha value is -3.32. The van der Waals surface area contributed by atoms with E-state index in [0.29, 0.717) is 31.1 Å². The molecular formula is C20H22N2O5. The van der Waals surface area contributed by atoms with E-state index in [1.165, 1.54) is 0 Å². The van der Waals surface area contributed by atoms with Crippen LogP contribution in [0.2, 0.25) is 0 Å². The Morgan fingerprint density at radius 1 is 1.22 bits per heavy atom. The fraction of sp³-hybridized carbons (Fsp3) is 0.400. The number of esters is 1. The summed E-state index contributed by atoms with van der Waals surface area (Å²) in [6, 6.07) is 8.18. The molecular weight excluding hydrogens is 348 g/mol. The first-order valence-electron chi connectivity index (χ1n) is 8.57. The summed E-state index contributed by atoms with van der Waals surface area (Å²) in [4.78, 5) is 35.1. The number of nitrogens with one attached hydrogen (secondary N) is 1. The van der Waals surface area contributed by atoms with Crippen molar-refractivity contribution in [2.24, 2.45) is 5.92 Å². The van der Waals surface area contributed by atoms with E-state index in [1.54, 1.807) is 37.3 Å². The van der Waals surface area contributed by atoms with Crippen LogP contribution in [0.3, 0.4) is 0 Å². The molecule has 0 bridgehead atoms. The van der Waals surface area contributed by atoms with Gasteiger partial charge in [0.15, 0.2) is 11.7 Å². The lowest BCUT2D eigenvalue weighted by Crippen LogP contribution is -2.28. The topological polar surface area (TPSA) is 105 Å². The maximum atomic E-state index is 12.1. The molecule has 1 amide bonds. The van der Waals surface area contributed by atoms with E-state index in [-0.39, 0.29) is 25.2 Å². The summed E-state index contributed by atoms with van der Waals surface area (Å²) in [5.41, 5.74) is 0.434. The van der Waals surface area contributed by atoms with Crippen molar-refractivity contribution in [2.45, 2.75) is 32.6 Å². The number of benzene rings is 1. The molecule has 0 aliphatic carbocycles. The van der Waals surface area contributed by atoms with Crippen molar-refractivity contribution in [1.29, 1.82) is 5.26 Å². The molecule has 0 fully saturated rings. The van der Waals surface area contributed by atoms with Crippen LogP contribution < -0.4 is 10.1 Å². The largest absolute Gasteiger partial charge is 0.494 e. The molecule has 0 aromatic heterocycles. The molecule has 0 saturated heterocycles. The highest BCUT2D eigenvalue weighted by atomic mass is 16.5. The van der Waals surface area contributed by atoms with Crippen LogP contribution in [-0.4, -0.2) is 30.9 Å². The Bertz CT molecular complexity index is 728. The van der Waals surface area contributed by atoms with Gasteiger partial charge in [-0.25, -0.2) is 0 Å². The van der Waals surface area contributed by atoms with Gasteiger partial charge in [-0.3, -0.25) is 14.4 Å². The third-order valence-electron chi connectivity index (χ3n) is 3.45. The number of ether oxygens (including phenoxy) is 2. The molecule has 0 saturated carbocycles. The van der Waals surface area contributed by atoms with Crippen molar-refractivity contribution in [2.75, 3.05) is 18.5 Å². The smallest absolute Gasteiger partial charge is 0.305 e. The monoisotopic (exact) mass is 370 g/mol. The van der Waals surface area contributed by atoms with Crippen molar-refractivity contribution in [3.63, 3.8) is 0 Å². The quantitative estimate of drug-likeness (QED) is 0.278. The Morgan fingerprint density at radius 2 is 1.93 bits per heavy atom. The molecule has 0 radical (unpaired) electrons. The van der Waals surface area contributed by atoms with E-state index in [0.717, 1.165) is 0 Å². The van der Waals surface area contributed by atoms with Gasteiger partial charge in [-0.1, -0.05) is 0 Å². The highest BCUT2D eigenvalue weighted by Crippen LogP contribution is 2.17. The summed E-state index contributed by atoms with van der Waals surface area (Å²) in [6.45, 7) is 2.46. The number of hydrogen-bond donors (Lipinski definition) is 1. The number of carbonyl (C=O) groups excluding carboxylic acids is 3. The van der Waals surface area contributed by atoms with Gasteiger partial charge in [-0.05, 0) is 37.6 Å². The number of carbonyl (C=O) groups is 3. The zero-order chi connectivity index (χ0) is 20.1. The summed E-state index contributed by atoms with van der Waals surface area (Å²) < 4.78 is 10.3. The van der Waals surface area contributed by atoms with E-state index in [4.69, 9.17) is 21.2 Å². The van der Waals surface area contributed by atoms with Crippen molar-refractivity contribution in [3.05, 3.63) is 24.3 Å². The first-order chi connectivity index (χ1) is 13.0.